The van der Waals surface area contributed by atoms with Crippen LogP contribution in [0.1, 0.15) is 19.3 Å². The molecule has 0 radical (unpaired) electrons. The molecule has 0 aromatic carbocycles. The van der Waals surface area contributed by atoms with E-state index in [0.29, 0.717) is 26.1 Å². The van der Waals surface area contributed by atoms with Crippen molar-refractivity contribution < 1.29 is 23.9 Å². The Morgan fingerprint density at radius 1 is 1.11 bits per heavy atom. The van der Waals surface area contributed by atoms with Crippen LogP contribution in [0.25, 0.3) is 0 Å². The predicted octanol–water partition coefficient (Wildman–Crippen LogP) is -0.991. The average molecular weight is 267 g/mol. The number of carbonyl (C=O) groups is 4. The minimum atomic E-state index is -0.763. The summed E-state index contributed by atoms with van der Waals surface area (Å²) in [5.41, 5.74) is -0.763. The maximum absolute atomic E-state index is 12.4. The summed E-state index contributed by atoms with van der Waals surface area (Å²) in [6.45, 7) is 0.568. The van der Waals surface area contributed by atoms with Crippen molar-refractivity contribution in [2.75, 3.05) is 19.8 Å². The molecule has 0 unspecified atom stereocenters. The molecule has 8 heteroatoms. The number of hydrogen-bond donors (Lipinski definition) is 1. The van der Waals surface area contributed by atoms with Crippen LogP contribution < -0.4 is 5.32 Å². The van der Waals surface area contributed by atoms with E-state index in [4.69, 9.17) is 4.74 Å². The molecule has 1 N–H and O–H groups in total. The van der Waals surface area contributed by atoms with Gasteiger partial charge in [-0.1, -0.05) is 0 Å². The number of carbonyl (C=O) groups excluding carboxylic acids is 4. The first-order valence-electron chi connectivity index (χ1n) is 6.10. The van der Waals surface area contributed by atoms with Crippen LogP contribution in [0.4, 0.5) is 4.79 Å². The third-order valence-electron chi connectivity index (χ3n) is 3.84. The summed E-state index contributed by atoms with van der Waals surface area (Å²) in [6, 6.07) is -0.726. The van der Waals surface area contributed by atoms with E-state index in [-0.39, 0.29) is 13.0 Å². The maximum Gasteiger partial charge on any atom is 0.343 e. The van der Waals surface area contributed by atoms with Gasteiger partial charge in [-0.3, -0.25) is 19.7 Å². The average Bonchev–Trinajstić information content (AvgIpc) is 2.79. The van der Waals surface area contributed by atoms with Gasteiger partial charge in [0.15, 0.2) is 0 Å². The molecule has 0 atom stereocenters. The molecule has 0 aromatic rings. The van der Waals surface area contributed by atoms with Crippen molar-refractivity contribution in [2.45, 2.75) is 19.3 Å². The van der Waals surface area contributed by atoms with Crippen molar-refractivity contribution in [2.24, 2.45) is 5.41 Å². The lowest BCUT2D eigenvalue weighted by Crippen LogP contribution is -2.50. The number of imide groups is 2. The fourth-order valence-electron chi connectivity index (χ4n) is 2.77. The summed E-state index contributed by atoms with van der Waals surface area (Å²) in [5, 5.41) is 3.76. The highest BCUT2D eigenvalue weighted by Gasteiger charge is 2.55. The summed E-state index contributed by atoms with van der Waals surface area (Å²) in [6.07, 6.45) is 1.02. The van der Waals surface area contributed by atoms with E-state index in [1.807, 2.05) is 0 Å². The lowest BCUT2D eigenvalue weighted by atomic mass is 9.79. The zero-order chi connectivity index (χ0) is 13.6. The van der Waals surface area contributed by atoms with Crippen LogP contribution in [0.5, 0.6) is 0 Å². The van der Waals surface area contributed by atoms with Gasteiger partial charge in [-0.15, -0.1) is 0 Å². The van der Waals surface area contributed by atoms with E-state index >= 15 is 0 Å². The van der Waals surface area contributed by atoms with Gasteiger partial charge < -0.3 is 4.74 Å². The first kappa shape index (κ1) is 12.1. The van der Waals surface area contributed by atoms with Crippen LogP contribution in [0.2, 0.25) is 0 Å². The highest BCUT2D eigenvalue weighted by atomic mass is 16.5. The second kappa shape index (κ2) is 4.02. The van der Waals surface area contributed by atoms with E-state index < -0.39 is 29.2 Å². The number of amides is 5. The summed E-state index contributed by atoms with van der Waals surface area (Å²) < 4.78 is 5.21. The molecule has 0 aromatic heterocycles. The Morgan fingerprint density at radius 2 is 1.79 bits per heavy atom. The highest BCUT2D eigenvalue weighted by molar-refractivity contribution is 6.10. The van der Waals surface area contributed by atoms with Crippen molar-refractivity contribution in [3.63, 3.8) is 0 Å². The Hall–Kier alpha value is -1.96. The number of nitrogens with zero attached hydrogens (tertiary/aromatic N) is 2. The summed E-state index contributed by atoms with van der Waals surface area (Å²) in [5.74, 6) is -1.35. The van der Waals surface area contributed by atoms with Crippen molar-refractivity contribution in [1.82, 2.24) is 15.3 Å². The number of ether oxygens (including phenoxy) is 1. The fourth-order valence-corrected chi connectivity index (χ4v) is 2.77. The van der Waals surface area contributed by atoms with Crippen molar-refractivity contribution in [1.29, 1.82) is 0 Å². The van der Waals surface area contributed by atoms with Gasteiger partial charge in [-0.2, -0.15) is 5.01 Å². The Bertz CT molecular complexity index is 483. The van der Waals surface area contributed by atoms with Crippen LogP contribution in [0.15, 0.2) is 0 Å². The number of rotatable bonds is 1. The quantitative estimate of drug-likeness (QED) is 0.486. The zero-order valence-electron chi connectivity index (χ0n) is 10.2. The molecule has 1 spiro atoms. The van der Waals surface area contributed by atoms with Gasteiger partial charge in [0.1, 0.15) is 6.54 Å². The van der Waals surface area contributed by atoms with E-state index in [0.717, 1.165) is 10.0 Å². The van der Waals surface area contributed by atoms with Crippen molar-refractivity contribution in [3.8, 4) is 0 Å². The second-order valence-corrected chi connectivity index (χ2v) is 4.99. The van der Waals surface area contributed by atoms with Crippen LogP contribution in [0, 0.1) is 5.41 Å². The van der Waals surface area contributed by atoms with Crippen LogP contribution >= 0.6 is 0 Å². The summed E-state index contributed by atoms with van der Waals surface area (Å²) in [7, 11) is 0. The van der Waals surface area contributed by atoms with Gasteiger partial charge in [0, 0.05) is 19.6 Å². The molecule has 3 heterocycles. The van der Waals surface area contributed by atoms with E-state index in [2.05, 4.69) is 5.32 Å². The maximum atomic E-state index is 12.4. The van der Waals surface area contributed by atoms with Crippen LogP contribution in [-0.2, 0) is 19.1 Å². The molecule has 0 saturated carbocycles. The second-order valence-electron chi connectivity index (χ2n) is 4.99. The van der Waals surface area contributed by atoms with Crippen molar-refractivity contribution >= 4 is 23.8 Å². The number of hydrazine groups is 1. The molecule has 0 aliphatic carbocycles. The smallest absolute Gasteiger partial charge is 0.343 e. The predicted molar refractivity (Wildman–Crippen MR) is 59.2 cm³/mol. The molecule has 0 bridgehead atoms. The number of urea groups is 1. The normalized spacial score (nSPS) is 26.5. The molecule has 5 amide bonds. The molecule has 19 heavy (non-hydrogen) atoms. The van der Waals surface area contributed by atoms with Crippen LogP contribution in [0.3, 0.4) is 0 Å². The Balaban J connectivity index is 1.87. The largest absolute Gasteiger partial charge is 0.381 e. The first-order valence-corrected chi connectivity index (χ1v) is 6.10. The van der Waals surface area contributed by atoms with Gasteiger partial charge in [0.2, 0.25) is 11.8 Å². The van der Waals surface area contributed by atoms with E-state index in [9.17, 15) is 19.2 Å². The molecular formula is C11H13N3O5. The molecule has 3 aliphatic heterocycles. The molecule has 3 saturated heterocycles. The SMILES string of the molecule is O=C1CN(N2C(=O)CC3(CCOCC3)C2=O)C(=O)N1. The Kier molecular flexibility index (Phi) is 2.56. The first-order chi connectivity index (χ1) is 9.03. The zero-order valence-corrected chi connectivity index (χ0v) is 10.2. The van der Waals surface area contributed by atoms with Crippen LogP contribution in [-0.4, -0.2) is 53.5 Å². The van der Waals surface area contributed by atoms with E-state index in [1.165, 1.54) is 0 Å². The summed E-state index contributed by atoms with van der Waals surface area (Å²) in [4.78, 5) is 47.2. The number of nitrogens with one attached hydrogen (secondary N) is 1. The Morgan fingerprint density at radius 3 is 2.37 bits per heavy atom. The standard InChI is InChI=1S/C11H13N3O5/c15-7-6-13(10(18)12-7)14-8(16)5-11(9(14)17)1-3-19-4-2-11/h1-6H2,(H,12,15,18). The van der Waals surface area contributed by atoms with Gasteiger partial charge in [-0.25, -0.2) is 9.80 Å². The topological polar surface area (TPSA) is 96.0 Å². The third-order valence-corrected chi connectivity index (χ3v) is 3.84. The van der Waals surface area contributed by atoms with Gasteiger partial charge in [0.25, 0.3) is 5.91 Å². The van der Waals surface area contributed by atoms with Gasteiger partial charge in [0.05, 0.1) is 5.41 Å². The number of hydrogen-bond acceptors (Lipinski definition) is 5. The van der Waals surface area contributed by atoms with Crippen molar-refractivity contribution in [3.05, 3.63) is 0 Å². The Labute approximate surface area is 108 Å². The molecular weight excluding hydrogens is 254 g/mol. The molecule has 3 rings (SSSR count). The minimum Gasteiger partial charge on any atom is -0.381 e. The van der Waals surface area contributed by atoms with Gasteiger partial charge >= 0.3 is 6.03 Å². The highest BCUT2D eigenvalue weighted by Crippen LogP contribution is 2.42. The summed E-state index contributed by atoms with van der Waals surface area (Å²) >= 11 is 0. The molecule has 3 fully saturated rings. The van der Waals surface area contributed by atoms with Gasteiger partial charge in [-0.05, 0) is 12.8 Å². The minimum absolute atomic E-state index is 0.0766. The molecule has 102 valence electrons. The lowest BCUT2D eigenvalue weighted by Gasteiger charge is -2.31. The lowest BCUT2D eigenvalue weighted by molar-refractivity contribution is -0.156. The fraction of sp³-hybridized carbons (Fsp3) is 0.636. The van der Waals surface area contributed by atoms with E-state index in [1.54, 1.807) is 0 Å². The molecule has 8 nitrogen and oxygen atoms in total. The third kappa shape index (κ3) is 1.71. The molecule has 3 aliphatic rings. The monoisotopic (exact) mass is 267 g/mol.